The van der Waals surface area contributed by atoms with E-state index >= 15 is 0 Å². The van der Waals surface area contributed by atoms with Crippen LogP contribution in [0.2, 0.25) is 0 Å². The molecule has 94 valence electrons. The number of anilines is 2. The van der Waals surface area contributed by atoms with Crippen LogP contribution in [0.4, 0.5) is 11.6 Å². The van der Waals surface area contributed by atoms with Crippen molar-refractivity contribution < 1.29 is 9.32 Å². The first-order valence-corrected chi connectivity index (χ1v) is 6.06. The van der Waals surface area contributed by atoms with Gasteiger partial charge in [0.05, 0.1) is 5.75 Å². The maximum absolute atomic E-state index is 11.6. The first-order valence-electron chi connectivity index (χ1n) is 5.07. The van der Waals surface area contributed by atoms with Gasteiger partial charge in [0.1, 0.15) is 10.8 Å². The van der Waals surface area contributed by atoms with Crippen LogP contribution in [-0.4, -0.2) is 26.8 Å². The van der Waals surface area contributed by atoms with E-state index in [2.05, 4.69) is 20.4 Å². The van der Waals surface area contributed by atoms with Crippen LogP contribution in [0.15, 0.2) is 28.0 Å². The van der Waals surface area contributed by atoms with Crippen LogP contribution in [0.5, 0.6) is 0 Å². The van der Waals surface area contributed by atoms with Gasteiger partial charge in [-0.2, -0.15) is 0 Å². The molecule has 0 unspecified atom stereocenters. The molecule has 0 saturated heterocycles. The topological polar surface area (TPSA) is 107 Å². The van der Waals surface area contributed by atoms with Crippen molar-refractivity contribution in [2.45, 2.75) is 11.9 Å². The number of rotatable bonds is 4. The van der Waals surface area contributed by atoms with Crippen LogP contribution in [0.25, 0.3) is 0 Å². The minimum atomic E-state index is -0.210. The lowest BCUT2D eigenvalue weighted by Crippen LogP contribution is -2.14. The SMILES string of the molecule is Cc1cc(NC(=O)CSc2nccnc2N)no1. The number of amides is 1. The van der Waals surface area contributed by atoms with Gasteiger partial charge in [0.25, 0.3) is 0 Å². The highest BCUT2D eigenvalue weighted by Gasteiger charge is 2.09. The fourth-order valence-corrected chi connectivity index (χ4v) is 1.86. The summed E-state index contributed by atoms with van der Waals surface area (Å²) in [4.78, 5) is 19.5. The van der Waals surface area contributed by atoms with Gasteiger partial charge in [0.15, 0.2) is 11.6 Å². The molecule has 0 saturated carbocycles. The quantitative estimate of drug-likeness (QED) is 0.796. The Morgan fingerprint density at radius 1 is 1.50 bits per heavy atom. The summed E-state index contributed by atoms with van der Waals surface area (Å²) in [6, 6.07) is 1.64. The Hall–Kier alpha value is -2.09. The number of nitrogens with zero attached hydrogens (tertiary/aromatic N) is 3. The molecule has 0 spiro atoms. The molecule has 0 atom stereocenters. The third-order valence-electron chi connectivity index (χ3n) is 1.93. The molecule has 0 bridgehead atoms. The normalized spacial score (nSPS) is 10.3. The molecule has 0 aliphatic heterocycles. The Morgan fingerprint density at radius 3 is 2.94 bits per heavy atom. The number of thioether (sulfide) groups is 1. The van der Waals surface area contributed by atoms with Crippen molar-refractivity contribution in [1.29, 1.82) is 0 Å². The second-order valence-corrected chi connectivity index (χ2v) is 4.37. The number of nitrogens with one attached hydrogen (secondary N) is 1. The van der Waals surface area contributed by atoms with Crippen molar-refractivity contribution in [3.8, 4) is 0 Å². The molecule has 2 aromatic heterocycles. The summed E-state index contributed by atoms with van der Waals surface area (Å²) in [6.07, 6.45) is 3.02. The predicted molar refractivity (Wildman–Crippen MR) is 67.0 cm³/mol. The Kier molecular flexibility index (Phi) is 3.78. The molecule has 0 aromatic carbocycles. The molecule has 2 heterocycles. The van der Waals surface area contributed by atoms with Gasteiger partial charge in [-0.15, -0.1) is 0 Å². The number of hydrogen-bond acceptors (Lipinski definition) is 7. The Bertz CT molecular complexity index is 557. The number of nitrogen functional groups attached to an aromatic ring is 1. The highest BCUT2D eigenvalue weighted by molar-refractivity contribution is 8.00. The monoisotopic (exact) mass is 265 g/mol. The van der Waals surface area contributed by atoms with Crippen LogP contribution < -0.4 is 11.1 Å². The maximum atomic E-state index is 11.6. The van der Waals surface area contributed by atoms with Crippen LogP contribution in [-0.2, 0) is 4.79 Å². The lowest BCUT2D eigenvalue weighted by atomic mass is 10.5. The molecule has 0 aliphatic rings. The molecule has 2 rings (SSSR count). The van der Waals surface area contributed by atoms with Gasteiger partial charge in [-0.3, -0.25) is 4.79 Å². The average Bonchev–Trinajstić information content (AvgIpc) is 2.74. The summed E-state index contributed by atoms with van der Waals surface area (Å²) in [5, 5.41) is 6.79. The summed E-state index contributed by atoms with van der Waals surface area (Å²) >= 11 is 1.21. The Morgan fingerprint density at radius 2 is 2.28 bits per heavy atom. The zero-order valence-corrected chi connectivity index (χ0v) is 10.4. The van der Waals surface area contributed by atoms with Crippen molar-refractivity contribution in [3.63, 3.8) is 0 Å². The molecule has 0 radical (unpaired) electrons. The third-order valence-corrected chi connectivity index (χ3v) is 2.92. The molecular weight excluding hydrogens is 254 g/mol. The minimum absolute atomic E-state index is 0.175. The van der Waals surface area contributed by atoms with E-state index in [1.165, 1.54) is 24.2 Å². The molecule has 18 heavy (non-hydrogen) atoms. The van der Waals surface area contributed by atoms with E-state index in [-0.39, 0.29) is 11.7 Å². The number of aryl methyl sites for hydroxylation is 1. The van der Waals surface area contributed by atoms with E-state index < -0.39 is 0 Å². The first kappa shape index (κ1) is 12.4. The second-order valence-electron chi connectivity index (χ2n) is 3.41. The molecule has 3 N–H and O–H groups in total. The van der Waals surface area contributed by atoms with Gasteiger partial charge < -0.3 is 15.6 Å². The van der Waals surface area contributed by atoms with E-state index in [9.17, 15) is 4.79 Å². The summed E-state index contributed by atoms with van der Waals surface area (Å²) in [5.74, 6) is 1.31. The molecule has 7 nitrogen and oxygen atoms in total. The average molecular weight is 265 g/mol. The first-order chi connectivity index (χ1) is 8.65. The molecule has 0 aliphatic carbocycles. The number of nitrogens with two attached hydrogens (primary N) is 1. The lowest BCUT2D eigenvalue weighted by molar-refractivity contribution is -0.113. The molecule has 2 aromatic rings. The van der Waals surface area contributed by atoms with E-state index in [4.69, 9.17) is 10.3 Å². The predicted octanol–water partition coefficient (Wildman–Crippen LogP) is 1.09. The lowest BCUT2D eigenvalue weighted by Gasteiger charge is -2.02. The second kappa shape index (κ2) is 5.50. The number of carbonyl (C=O) groups is 1. The van der Waals surface area contributed by atoms with E-state index in [0.717, 1.165) is 0 Å². The van der Waals surface area contributed by atoms with Gasteiger partial charge in [-0.1, -0.05) is 16.9 Å². The summed E-state index contributed by atoms with van der Waals surface area (Å²) in [5.41, 5.74) is 5.61. The van der Waals surface area contributed by atoms with Crippen molar-refractivity contribution in [2.24, 2.45) is 0 Å². The van der Waals surface area contributed by atoms with Gasteiger partial charge in [-0.05, 0) is 6.92 Å². The van der Waals surface area contributed by atoms with Gasteiger partial charge in [0, 0.05) is 18.5 Å². The minimum Gasteiger partial charge on any atom is -0.381 e. The summed E-state index contributed by atoms with van der Waals surface area (Å²) < 4.78 is 4.83. The largest absolute Gasteiger partial charge is 0.381 e. The fraction of sp³-hybridized carbons (Fsp3) is 0.200. The fourth-order valence-electron chi connectivity index (χ4n) is 1.19. The zero-order chi connectivity index (χ0) is 13.0. The Balaban J connectivity index is 1.87. The van der Waals surface area contributed by atoms with E-state index in [0.29, 0.717) is 22.4 Å². The number of carbonyl (C=O) groups excluding carboxylic acids is 1. The van der Waals surface area contributed by atoms with Crippen molar-refractivity contribution >= 4 is 29.3 Å². The van der Waals surface area contributed by atoms with Gasteiger partial charge in [0.2, 0.25) is 5.91 Å². The highest BCUT2D eigenvalue weighted by Crippen LogP contribution is 2.19. The van der Waals surface area contributed by atoms with Crippen molar-refractivity contribution in [2.75, 3.05) is 16.8 Å². The molecule has 1 amide bonds. The Labute approximate surface area is 107 Å². The van der Waals surface area contributed by atoms with Crippen LogP contribution in [0, 0.1) is 6.92 Å². The molecular formula is C10H11N5O2S. The zero-order valence-electron chi connectivity index (χ0n) is 9.58. The van der Waals surface area contributed by atoms with Crippen molar-refractivity contribution in [1.82, 2.24) is 15.1 Å². The third kappa shape index (κ3) is 3.20. The smallest absolute Gasteiger partial charge is 0.236 e. The van der Waals surface area contributed by atoms with Crippen LogP contribution >= 0.6 is 11.8 Å². The molecule has 0 fully saturated rings. The van der Waals surface area contributed by atoms with Crippen LogP contribution in [0.3, 0.4) is 0 Å². The number of aromatic nitrogens is 3. The summed E-state index contributed by atoms with van der Waals surface area (Å²) in [7, 11) is 0. The highest BCUT2D eigenvalue weighted by atomic mass is 32.2. The van der Waals surface area contributed by atoms with E-state index in [1.807, 2.05) is 0 Å². The van der Waals surface area contributed by atoms with E-state index in [1.54, 1.807) is 13.0 Å². The molecule has 8 heteroatoms. The van der Waals surface area contributed by atoms with Gasteiger partial charge in [-0.25, -0.2) is 9.97 Å². The van der Waals surface area contributed by atoms with Gasteiger partial charge >= 0.3 is 0 Å². The number of hydrogen-bond donors (Lipinski definition) is 2. The van der Waals surface area contributed by atoms with Crippen molar-refractivity contribution in [3.05, 3.63) is 24.2 Å². The maximum Gasteiger partial charge on any atom is 0.236 e. The van der Waals surface area contributed by atoms with Crippen LogP contribution in [0.1, 0.15) is 5.76 Å². The standard InChI is InChI=1S/C10H11N5O2S/c1-6-4-7(15-17-6)14-8(16)5-18-10-9(11)12-2-3-13-10/h2-4H,5H2,1H3,(H2,11,12)(H,14,15,16). The summed E-state index contributed by atoms with van der Waals surface area (Å²) in [6.45, 7) is 1.75.